The van der Waals surface area contributed by atoms with Gasteiger partial charge in [0.15, 0.2) is 5.65 Å². The number of nitrogens with two attached hydrogens (primary N) is 2. The van der Waals surface area contributed by atoms with Crippen LogP contribution in [0.4, 0.5) is 11.6 Å². The van der Waals surface area contributed by atoms with Crippen LogP contribution in [0.2, 0.25) is 0 Å². The molecule has 3 aromatic rings. The van der Waals surface area contributed by atoms with Gasteiger partial charge in [-0.2, -0.15) is 0 Å². The number of nitrogen functional groups attached to an aromatic ring is 1. The molecule has 0 radical (unpaired) electrons. The van der Waals surface area contributed by atoms with Gasteiger partial charge in [-0.25, -0.2) is 9.97 Å². The number of primary amides is 1. The summed E-state index contributed by atoms with van der Waals surface area (Å²) < 4.78 is 1.60. The molecule has 10 heteroatoms. The van der Waals surface area contributed by atoms with Crippen LogP contribution in [0.3, 0.4) is 0 Å². The molecule has 0 unspecified atom stereocenters. The van der Waals surface area contributed by atoms with E-state index in [4.69, 9.17) is 16.6 Å². The Kier molecular flexibility index (Phi) is 7.05. The van der Waals surface area contributed by atoms with Crippen molar-refractivity contribution in [2.75, 3.05) is 30.8 Å². The van der Waals surface area contributed by atoms with Crippen molar-refractivity contribution in [2.45, 2.75) is 26.7 Å². The van der Waals surface area contributed by atoms with Gasteiger partial charge in [-0.1, -0.05) is 17.7 Å². The van der Waals surface area contributed by atoms with Crippen LogP contribution in [0.25, 0.3) is 11.2 Å². The fourth-order valence-corrected chi connectivity index (χ4v) is 3.97. The van der Waals surface area contributed by atoms with Gasteiger partial charge in [-0.05, 0) is 38.3 Å². The Morgan fingerprint density at radius 1 is 1.21 bits per heavy atom. The van der Waals surface area contributed by atoms with Crippen molar-refractivity contribution in [2.24, 2.45) is 18.7 Å². The zero-order valence-electron chi connectivity index (χ0n) is 19.4. The van der Waals surface area contributed by atoms with E-state index in [-0.39, 0.29) is 23.2 Å². The number of nitrogens with one attached hydrogen (secondary N) is 1. The normalized spacial score (nSPS) is 14.0. The fraction of sp³-hybridized carbons (Fsp3) is 0.391. The topological polar surface area (TPSA) is 152 Å². The zero-order chi connectivity index (χ0) is 24.3. The number of nitrogens with zero attached hydrogens (tertiary/aromatic N) is 4. The summed E-state index contributed by atoms with van der Waals surface area (Å²) in [6.45, 7) is 5.30. The van der Waals surface area contributed by atoms with Gasteiger partial charge in [0.2, 0.25) is 5.91 Å². The Labute approximate surface area is 192 Å². The number of carbonyl (C=O) groups excluding carboxylic acids is 2. The van der Waals surface area contributed by atoms with Crippen molar-refractivity contribution < 1.29 is 14.7 Å². The van der Waals surface area contributed by atoms with Gasteiger partial charge < -0.3 is 31.4 Å². The summed E-state index contributed by atoms with van der Waals surface area (Å²) in [4.78, 5) is 34.4. The van der Waals surface area contributed by atoms with Gasteiger partial charge in [0, 0.05) is 33.1 Å². The second kappa shape index (κ2) is 9.76. The Bertz CT molecular complexity index is 1180. The maximum Gasteiger partial charge on any atom is 0.254 e. The van der Waals surface area contributed by atoms with Gasteiger partial charge in [-0.15, -0.1) is 0 Å². The summed E-state index contributed by atoms with van der Waals surface area (Å²) in [5.74, 6) is 0.766. The van der Waals surface area contributed by atoms with E-state index in [0.717, 1.165) is 18.4 Å². The van der Waals surface area contributed by atoms with Gasteiger partial charge in [-0.3, -0.25) is 9.59 Å². The number of carbonyl (C=O) groups is 2. The molecule has 2 aromatic heterocycles. The van der Waals surface area contributed by atoms with E-state index >= 15 is 0 Å². The molecule has 3 heterocycles. The molecule has 1 fully saturated rings. The molecular weight excluding hydrogens is 422 g/mol. The van der Waals surface area contributed by atoms with E-state index in [2.05, 4.69) is 20.2 Å². The second-order valence-electron chi connectivity index (χ2n) is 8.25. The predicted molar refractivity (Wildman–Crippen MR) is 128 cm³/mol. The van der Waals surface area contributed by atoms with Crippen molar-refractivity contribution in [1.82, 2.24) is 19.9 Å². The van der Waals surface area contributed by atoms with Crippen LogP contribution in [-0.4, -0.2) is 51.6 Å². The lowest BCUT2D eigenvalue weighted by atomic mass is 9.96. The molecule has 0 aliphatic carbocycles. The average Bonchev–Trinajstić information content (AvgIpc) is 3.06. The lowest BCUT2D eigenvalue weighted by Gasteiger charge is -2.31. The Morgan fingerprint density at radius 3 is 2.42 bits per heavy atom. The first-order valence-corrected chi connectivity index (χ1v) is 10.8. The summed E-state index contributed by atoms with van der Waals surface area (Å²) in [5, 5.41) is 11.7. The molecule has 2 amide bonds. The number of aromatic nitrogens is 3. The highest BCUT2D eigenvalue weighted by molar-refractivity contribution is 6.09. The summed E-state index contributed by atoms with van der Waals surface area (Å²) in [6, 6.07) is 5.56. The van der Waals surface area contributed by atoms with Crippen LogP contribution in [0.15, 0.2) is 24.4 Å². The third-order valence-electron chi connectivity index (χ3n) is 5.95. The molecule has 0 saturated carbocycles. The fourth-order valence-electron chi connectivity index (χ4n) is 3.97. The molecule has 1 aliphatic rings. The molecule has 1 aliphatic heterocycles. The number of aromatic hydroxyl groups is 1. The third-order valence-corrected chi connectivity index (χ3v) is 5.95. The summed E-state index contributed by atoms with van der Waals surface area (Å²) in [6.07, 6.45) is 3.16. The number of amides is 2. The standard InChI is InChI=1S/C15H21N7O2.C8H10O/c1-18-15(24)8-3-5-22(6-4-8)9-7-19-14-11(20-9)10(13(17)23)12(16)21(14)2;1-6-3-4-8(9)7(2)5-6/h7-8H,3-6,16H2,1-2H3,(H2,17,23)(H,18,24);3-5,9H,1-2H3. The van der Waals surface area contributed by atoms with Crippen molar-refractivity contribution in [3.05, 3.63) is 41.1 Å². The minimum atomic E-state index is -0.622. The number of fused-ring (bicyclic) bond motifs is 1. The summed E-state index contributed by atoms with van der Waals surface area (Å²) in [7, 11) is 3.37. The number of piperidine rings is 1. The SMILES string of the molecule is CNC(=O)C1CCN(c2cnc3c(n2)c(C(N)=O)c(N)n3C)CC1.Cc1ccc(O)c(C)c1. The summed E-state index contributed by atoms with van der Waals surface area (Å²) >= 11 is 0. The van der Waals surface area contributed by atoms with Crippen molar-refractivity contribution in [3.63, 3.8) is 0 Å². The lowest BCUT2D eigenvalue weighted by Crippen LogP contribution is -2.40. The van der Waals surface area contributed by atoms with E-state index in [9.17, 15) is 9.59 Å². The number of hydrogen-bond donors (Lipinski definition) is 4. The zero-order valence-corrected chi connectivity index (χ0v) is 19.4. The van der Waals surface area contributed by atoms with Gasteiger partial charge >= 0.3 is 0 Å². The number of benzene rings is 1. The molecule has 176 valence electrons. The molecule has 0 spiro atoms. The van der Waals surface area contributed by atoms with Gasteiger partial charge in [0.1, 0.15) is 28.5 Å². The molecule has 1 saturated heterocycles. The van der Waals surface area contributed by atoms with Crippen LogP contribution >= 0.6 is 0 Å². The maximum atomic E-state index is 11.7. The van der Waals surface area contributed by atoms with Crippen LogP contribution in [0.5, 0.6) is 5.75 Å². The maximum absolute atomic E-state index is 11.7. The number of aryl methyl sites for hydroxylation is 3. The van der Waals surface area contributed by atoms with Crippen LogP contribution < -0.4 is 21.7 Å². The van der Waals surface area contributed by atoms with E-state index in [1.54, 1.807) is 30.9 Å². The number of phenolic OH excluding ortho intramolecular Hbond substituents is 1. The van der Waals surface area contributed by atoms with E-state index in [1.165, 1.54) is 5.56 Å². The molecule has 6 N–H and O–H groups in total. The molecule has 33 heavy (non-hydrogen) atoms. The minimum Gasteiger partial charge on any atom is -0.508 e. The Balaban J connectivity index is 0.000000286. The van der Waals surface area contributed by atoms with Gasteiger partial charge in [0.05, 0.1) is 6.20 Å². The number of anilines is 2. The quantitative estimate of drug-likeness (QED) is 0.470. The molecule has 4 rings (SSSR count). The van der Waals surface area contributed by atoms with Crippen LogP contribution in [0, 0.1) is 19.8 Å². The van der Waals surface area contributed by atoms with Crippen molar-refractivity contribution in [1.29, 1.82) is 0 Å². The molecule has 10 nitrogen and oxygen atoms in total. The number of phenols is 1. The van der Waals surface area contributed by atoms with E-state index in [1.807, 2.05) is 26.0 Å². The lowest BCUT2D eigenvalue weighted by molar-refractivity contribution is -0.125. The predicted octanol–water partition coefficient (Wildman–Crippen LogP) is 1.62. The third kappa shape index (κ3) is 5.00. The first-order valence-electron chi connectivity index (χ1n) is 10.8. The highest BCUT2D eigenvalue weighted by Crippen LogP contribution is 2.28. The highest BCUT2D eigenvalue weighted by Gasteiger charge is 2.26. The van der Waals surface area contributed by atoms with Crippen molar-refractivity contribution >= 4 is 34.6 Å². The van der Waals surface area contributed by atoms with Gasteiger partial charge in [0.25, 0.3) is 5.91 Å². The Hall–Kier alpha value is -3.82. The summed E-state index contributed by atoms with van der Waals surface area (Å²) in [5.41, 5.74) is 14.6. The molecule has 1 aromatic carbocycles. The van der Waals surface area contributed by atoms with E-state index < -0.39 is 5.91 Å². The largest absolute Gasteiger partial charge is 0.508 e. The van der Waals surface area contributed by atoms with Crippen LogP contribution in [-0.2, 0) is 11.8 Å². The second-order valence-corrected chi connectivity index (χ2v) is 8.25. The molecular formula is C23H31N7O3. The van der Waals surface area contributed by atoms with E-state index in [0.29, 0.717) is 35.8 Å². The smallest absolute Gasteiger partial charge is 0.254 e. The van der Waals surface area contributed by atoms with Crippen LogP contribution in [0.1, 0.15) is 34.3 Å². The number of rotatable bonds is 3. The minimum absolute atomic E-state index is 0.0245. The first-order chi connectivity index (χ1) is 15.6. The highest BCUT2D eigenvalue weighted by atomic mass is 16.3. The Morgan fingerprint density at radius 2 is 1.88 bits per heavy atom. The van der Waals surface area contributed by atoms with Crippen molar-refractivity contribution in [3.8, 4) is 5.75 Å². The average molecular weight is 454 g/mol. The molecule has 0 bridgehead atoms. The molecule has 0 atom stereocenters. The number of hydrogen-bond acceptors (Lipinski definition) is 7. The first kappa shape index (κ1) is 23.8. The monoisotopic (exact) mass is 453 g/mol.